The molecule has 0 aromatic carbocycles. The Morgan fingerprint density at radius 3 is 2.94 bits per heavy atom. The Bertz CT molecular complexity index is 531. The third-order valence-electron chi connectivity index (χ3n) is 2.38. The Labute approximate surface area is 103 Å². The molecule has 2 aromatic heterocycles. The van der Waals surface area contributed by atoms with Crippen molar-refractivity contribution in [2.45, 2.75) is 13.5 Å². The fourth-order valence-electron chi connectivity index (χ4n) is 1.56. The third-order valence-corrected chi connectivity index (χ3v) is 2.82. The maximum atomic E-state index is 11.9. The largest absolute Gasteiger partial charge is 0.467 e. The number of furan rings is 1. The van der Waals surface area contributed by atoms with Crippen molar-refractivity contribution in [2.75, 3.05) is 0 Å². The first-order valence-corrected chi connectivity index (χ1v) is 5.47. The van der Waals surface area contributed by atoms with E-state index in [2.05, 4.69) is 10.4 Å². The van der Waals surface area contributed by atoms with Crippen LogP contribution in [0.4, 0.5) is 0 Å². The van der Waals surface area contributed by atoms with E-state index in [4.69, 9.17) is 16.0 Å². The molecule has 0 aliphatic heterocycles. The van der Waals surface area contributed by atoms with Crippen LogP contribution in [0, 0.1) is 6.92 Å². The van der Waals surface area contributed by atoms with Crippen LogP contribution in [-0.4, -0.2) is 15.7 Å². The van der Waals surface area contributed by atoms with Crippen LogP contribution in [0.1, 0.15) is 21.8 Å². The number of aromatic nitrogens is 2. The Morgan fingerprint density at radius 1 is 1.65 bits per heavy atom. The van der Waals surface area contributed by atoms with Gasteiger partial charge in [-0.15, -0.1) is 0 Å². The first-order chi connectivity index (χ1) is 8.09. The predicted octanol–water partition coefficient (Wildman–Crippen LogP) is 1.90. The van der Waals surface area contributed by atoms with Gasteiger partial charge in [0.1, 0.15) is 10.9 Å². The van der Waals surface area contributed by atoms with E-state index in [9.17, 15) is 4.79 Å². The van der Waals surface area contributed by atoms with E-state index in [1.165, 1.54) is 4.68 Å². The van der Waals surface area contributed by atoms with Crippen molar-refractivity contribution in [1.29, 1.82) is 0 Å². The monoisotopic (exact) mass is 253 g/mol. The number of aryl methyl sites for hydroxylation is 2. The van der Waals surface area contributed by atoms with Crippen molar-refractivity contribution in [3.05, 3.63) is 40.6 Å². The maximum Gasteiger partial charge on any atom is 0.256 e. The fourth-order valence-corrected chi connectivity index (χ4v) is 1.82. The molecule has 90 valence electrons. The molecule has 1 N–H and O–H groups in total. The molecule has 0 spiro atoms. The Morgan fingerprint density at radius 2 is 2.41 bits per heavy atom. The molecule has 17 heavy (non-hydrogen) atoms. The maximum absolute atomic E-state index is 11.9. The predicted molar refractivity (Wildman–Crippen MR) is 62.8 cm³/mol. The van der Waals surface area contributed by atoms with Gasteiger partial charge in [-0.3, -0.25) is 9.48 Å². The van der Waals surface area contributed by atoms with Gasteiger partial charge in [0, 0.05) is 7.05 Å². The summed E-state index contributed by atoms with van der Waals surface area (Å²) in [5.74, 6) is 0.438. The lowest BCUT2D eigenvalue weighted by atomic mass is 10.2. The topological polar surface area (TPSA) is 60.1 Å². The van der Waals surface area contributed by atoms with Gasteiger partial charge in [0.2, 0.25) is 0 Å². The van der Waals surface area contributed by atoms with Gasteiger partial charge in [-0.1, -0.05) is 11.6 Å². The second kappa shape index (κ2) is 4.63. The van der Waals surface area contributed by atoms with Gasteiger partial charge in [-0.05, 0) is 19.1 Å². The van der Waals surface area contributed by atoms with Crippen LogP contribution in [-0.2, 0) is 13.6 Å². The van der Waals surface area contributed by atoms with Crippen molar-refractivity contribution in [3.63, 3.8) is 0 Å². The van der Waals surface area contributed by atoms with Crippen LogP contribution in [0.3, 0.4) is 0 Å². The zero-order chi connectivity index (χ0) is 12.4. The van der Waals surface area contributed by atoms with Gasteiger partial charge in [-0.25, -0.2) is 0 Å². The lowest BCUT2D eigenvalue weighted by Crippen LogP contribution is -2.23. The summed E-state index contributed by atoms with van der Waals surface area (Å²) >= 11 is 5.99. The van der Waals surface area contributed by atoms with Gasteiger partial charge in [-0.2, -0.15) is 5.10 Å². The van der Waals surface area contributed by atoms with Gasteiger partial charge in [0.05, 0.1) is 24.1 Å². The molecule has 0 radical (unpaired) electrons. The first-order valence-electron chi connectivity index (χ1n) is 5.09. The molecule has 0 bridgehead atoms. The third kappa shape index (κ3) is 2.34. The van der Waals surface area contributed by atoms with Crippen LogP contribution >= 0.6 is 11.6 Å². The molecule has 0 aliphatic rings. The normalized spacial score (nSPS) is 10.5. The van der Waals surface area contributed by atoms with Gasteiger partial charge < -0.3 is 9.73 Å². The average Bonchev–Trinajstić information content (AvgIpc) is 2.86. The van der Waals surface area contributed by atoms with Crippen molar-refractivity contribution >= 4 is 17.5 Å². The Kier molecular flexibility index (Phi) is 3.19. The number of hydrogen-bond acceptors (Lipinski definition) is 3. The van der Waals surface area contributed by atoms with E-state index in [1.54, 1.807) is 32.4 Å². The average molecular weight is 254 g/mol. The summed E-state index contributed by atoms with van der Waals surface area (Å²) in [5.41, 5.74) is 1.01. The fraction of sp³-hybridized carbons (Fsp3) is 0.273. The number of nitrogens with zero attached hydrogens (tertiary/aromatic N) is 2. The Hall–Kier alpha value is -1.75. The molecular formula is C11H12ClN3O2. The summed E-state index contributed by atoms with van der Waals surface area (Å²) < 4.78 is 6.59. The molecule has 1 amide bonds. The van der Waals surface area contributed by atoms with E-state index in [1.807, 2.05) is 0 Å². The number of halogens is 1. The first kappa shape index (κ1) is 11.7. The minimum absolute atomic E-state index is 0.253. The Balaban J connectivity index is 2.10. The van der Waals surface area contributed by atoms with E-state index in [0.29, 0.717) is 28.7 Å². The highest BCUT2D eigenvalue weighted by Crippen LogP contribution is 2.18. The molecule has 5 nitrogen and oxygen atoms in total. The molecular weight excluding hydrogens is 242 g/mol. The number of carbonyl (C=O) groups is 1. The van der Waals surface area contributed by atoms with Crippen LogP contribution in [0.15, 0.2) is 22.8 Å². The molecule has 0 aliphatic carbocycles. The minimum Gasteiger partial charge on any atom is -0.467 e. The number of carbonyl (C=O) groups excluding carboxylic acids is 1. The van der Waals surface area contributed by atoms with E-state index >= 15 is 0 Å². The summed E-state index contributed by atoms with van der Waals surface area (Å²) in [6, 6.07) is 3.56. The molecule has 0 saturated carbocycles. The summed E-state index contributed by atoms with van der Waals surface area (Å²) in [6.07, 6.45) is 1.56. The smallest absolute Gasteiger partial charge is 0.256 e. The zero-order valence-corrected chi connectivity index (χ0v) is 10.3. The van der Waals surface area contributed by atoms with Crippen molar-refractivity contribution < 1.29 is 9.21 Å². The SMILES string of the molecule is Cc1nn(C)c(Cl)c1C(=O)NCc1ccco1. The lowest BCUT2D eigenvalue weighted by Gasteiger charge is -2.02. The molecule has 0 saturated heterocycles. The molecule has 6 heteroatoms. The van der Waals surface area contributed by atoms with Crippen LogP contribution in [0.25, 0.3) is 0 Å². The molecule has 2 rings (SSSR count). The molecule has 2 heterocycles. The summed E-state index contributed by atoms with van der Waals surface area (Å²) in [5, 5.41) is 7.14. The van der Waals surface area contributed by atoms with E-state index in [0.717, 1.165) is 0 Å². The van der Waals surface area contributed by atoms with Crippen LogP contribution < -0.4 is 5.32 Å². The molecule has 2 aromatic rings. The van der Waals surface area contributed by atoms with Crippen molar-refractivity contribution in [3.8, 4) is 0 Å². The second-order valence-electron chi connectivity index (χ2n) is 3.64. The van der Waals surface area contributed by atoms with Gasteiger partial charge in [0.15, 0.2) is 0 Å². The number of hydrogen-bond donors (Lipinski definition) is 1. The number of nitrogens with one attached hydrogen (secondary N) is 1. The molecule has 0 unspecified atom stereocenters. The number of amides is 1. The van der Waals surface area contributed by atoms with E-state index in [-0.39, 0.29) is 5.91 Å². The van der Waals surface area contributed by atoms with Gasteiger partial charge >= 0.3 is 0 Å². The summed E-state index contributed by atoms with van der Waals surface area (Å²) in [7, 11) is 1.69. The quantitative estimate of drug-likeness (QED) is 0.909. The van der Waals surface area contributed by atoms with E-state index < -0.39 is 0 Å². The second-order valence-corrected chi connectivity index (χ2v) is 3.99. The minimum atomic E-state index is -0.253. The molecule has 0 atom stereocenters. The van der Waals surface area contributed by atoms with Crippen LogP contribution in [0.2, 0.25) is 5.15 Å². The highest BCUT2D eigenvalue weighted by Gasteiger charge is 2.18. The zero-order valence-electron chi connectivity index (χ0n) is 9.53. The standard InChI is InChI=1S/C11H12ClN3O2/c1-7-9(10(12)15(2)14-7)11(16)13-6-8-4-3-5-17-8/h3-5H,6H2,1-2H3,(H,13,16). The summed E-state index contributed by atoms with van der Waals surface area (Å²) in [6.45, 7) is 2.07. The number of rotatable bonds is 3. The lowest BCUT2D eigenvalue weighted by molar-refractivity contribution is 0.0947. The summed E-state index contributed by atoms with van der Waals surface area (Å²) in [4.78, 5) is 11.9. The highest BCUT2D eigenvalue weighted by molar-refractivity contribution is 6.33. The van der Waals surface area contributed by atoms with Crippen LogP contribution in [0.5, 0.6) is 0 Å². The van der Waals surface area contributed by atoms with Gasteiger partial charge in [0.25, 0.3) is 5.91 Å². The highest BCUT2D eigenvalue weighted by atomic mass is 35.5. The molecule has 0 fully saturated rings. The van der Waals surface area contributed by atoms with Crippen molar-refractivity contribution in [1.82, 2.24) is 15.1 Å². The van der Waals surface area contributed by atoms with Crippen molar-refractivity contribution in [2.24, 2.45) is 7.05 Å².